The molecule has 1 fully saturated rings. The summed E-state index contributed by atoms with van der Waals surface area (Å²) in [6.07, 6.45) is -3.86. The van der Waals surface area contributed by atoms with E-state index in [4.69, 9.17) is 0 Å². The molecule has 3 aromatic rings. The number of nitrogens with zero attached hydrogens (tertiary/aromatic N) is 2. The van der Waals surface area contributed by atoms with Crippen LogP contribution in [0.4, 0.5) is 23.7 Å². The second-order valence-electron chi connectivity index (χ2n) is 10.6. The third kappa shape index (κ3) is 7.29. The molecule has 0 aliphatic carbocycles. The summed E-state index contributed by atoms with van der Waals surface area (Å²) < 4.78 is 39.2. The standard InChI is InChI=1S/C32H35F3N4O3/c1-4-21(2)28(37-29(40)25-15-13-24(14-16-25)23-9-6-5-7-10-23)30(41)38-17-18-39(22(3)20-38)31(42)36-27-12-8-11-26(19-27)32(33,34)35/h5-16,19,21-22,28H,4,17-18,20H2,1-3H3,(H,36,42)(H,37,40). The van der Waals surface area contributed by atoms with E-state index in [1.807, 2.05) is 56.3 Å². The van der Waals surface area contributed by atoms with Gasteiger partial charge < -0.3 is 20.4 Å². The maximum absolute atomic E-state index is 13.6. The van der Waals surface area contributed by atoms with Crippen molar-refractivity contribution in [3.8, 4) is 11.1 Å². The lowest BCUT2D eigenvalue weighted by atomic mass is 9.96. The van der Waals surface area contributed by atoms with Crippen LogP contribution in [0.5, 0.6) is 0 Å². The Morgan fingerprint density at radius 1 is 0.929 bits per heavy atom. The summed E-state index contributed by atoms with van der Waals surface area (Å²) in [6.45, 7) is 6.28. The van der Waals surface area contributed by atoms with Gasteiger partial charge in [-0.3, -0.25) is 9.59 Å². The van der Waals surface area contributed by atoms with Crippen molar-refractivity contribution in [2.75, 3.05) is 25.0 Å². The molecule has 0 spiro atoms. The van der Waals surface area contributed by atoms with Crippen LogP contribution in [0, 0.1) is 5.92 Å². The number of hydrogen-bond donors (Lipinski definition) is 2. The first-order chi connectivity index (χ1) is 20.0. The summed E-state index contributed by atoms with van der Waals surface area (Å²) in [5.41, 5.74) is 1.64. The topological polar surface area (TPSA) is 81.8 Å². The molecule has 2 N–H and O–H groups in total. The average Bonchev–Trinajstić information content (AvgIpc) is 2.99. The van der Waals surface area contributed by atoms with Crippen molar-refractivity contribution in [3.05, 3.63) is 90.0 Å². The summed E-state index contributed by atoms with van der Waals surface area (Å²) >= 11 is 0. The van der Waals surface area contributed by atoms with Crippen molar-refractivity contribution in [2.24, 2.45) is 5.92 Å². The fraction of sp³-hybridized carbons (Fsp3) is 0.344. The lowest BCUT2D eigenvalue weighted by Gasteiger charge is -2.41. The SMILES string of the molecule is CCC(C)C(NC(=O)c1ccc(-c2ccccc2)cc1)C(=O)N1CCN(C(=O)Nc2cccc(C(F)(F)F)c2)C(C)C1. The molecule has 0 saturated carbocycles. The van der Waals surface area contributed by atoms with Gasteiger partial charge in [0.25, 0.3) is 5.91 Å². The minimum atomic E-state index is -4.52. The van der Waals surface area contributed by atoms with E-state index in [1.54, 1.807) is 24.0 Å². The summed E-state index contributed by atoms with van der Waals surface area (Å²) in [5.74, 6) is -0.716. The highest BCUT2D eigenvalue weighted by Crippen LogP contribution is 2.31. The molecule has 1 saturated heterocycles. The quantitative estimate of drug-likeness (QED) is 0.345. The number of carbonyl (C=O) groups is 3. The third-order valence-electron chi connectivity index (χ3n) is 7.66. The van der Waals surface area contributed by atoms with Crippen LogP contribution in [0.2, 0.25) is 0 Å². The Kier molecular flexibility index (Phi) is 9.55. The number of anilines is 1. The number of piperazine rings is 1. The van der Waals surface area contributed by atoms with Crippen LogP contribution in [-0.4, -0.2) is 59.4 Å². The fourth-order valence-electron chi connectivity index (χ4n) is 4.98. The maximum Gasteiger partial charge on any atom is 0.416 e. The van der Waals surface area contributed by atoms with E-state index in [-0.39, 0.29) is 43.1 Å². The molecule has 222 valence electrons. The molecular formula is C32H35F3N4O3. The number of urea groups is 1. The van der Waals surface area contributed by atoms with Crippen molar-refractivity contribution in [2.45, 2.75) is 45.5 Å². The number of hydrogen-bond acceptors (Lipinski definition) is 3. The lowest BCUT2D eigenvalue weighted by Crippen LogP contribution is -2.60. The highest BCUT2D eigenvalue weighted by Gasteiger charge is 2.36. The van der Waals surface area contributed by atoms with Crippen molar-refractivity contribution in [1.29, 1.82) is 0 Å². The predicted molar refractivity (Wildman–Crippen MR) is 156 cm³/mol. The Bertz CT molecular complexity index is 1400. The van der Waals surface area contributed by atoms with E-state index in [0.29, 0.717) is 12.0 Å². The zero-order chi connectivity index (χ0) is 30.4. The van der Waals surface area contributed by atoms with Gasteiger partial charge in [-0.15, -0.1) is 0 Å². The van der Waals surface area contributed by atoms with E-state index in [2.05, 4.69) is 10.6 Å². The average molecular weight is 581 g/mol. The highest BCUT2D eigenvalue weighted by atomic mass is 19.4. The van der Waals surface area contributed by atoms with Crippen LogP contribution in [0.1, 0.15) is 43.1 Å². The maximum atomic E-state index is 13.6. The normalized spacial score (nSPS) is 16.9. The molecule has 42 heavy (non-hydrogen) atoms. The summed E-state index contributed by atoms with van der Waals surface area (Å²) in [5, 5.41) is 5.46. The van der Waals surface area contributed by atoms with Crippen LogP contribution in [0.15, 0.2) is 78.9 Å². The molecule has 0 radical (unpaired) electrons. The number of benzene rings is 3. The zero-order valence-corrected chi connectivity index (χ0v) is 23.8. The smallest absolute Gasteiger partial charge is 0.340 e. The van der Waals surface area contributed by atoms with Crippen molar-refractivity contribution in [3.63, 3.8) is 0 Å². The van der Waals surface area contributed by atoms with Gasteiger partial charge in [0, 0.05) is 36.9 Å². The second-order valence-corrected chi connectivity index (χ2v) is 10.6. The first-order valence-corrected chi connectivity index (χ1v) is 14.0. The van der Waals surface area contributed by atoms with Gasteiger partial charge in [-0.25, -0.2) is 4.79 Å². The van der Waals surface area contributed by atoms with Crippen molar-refractivity contribution < 1.29 is 27.6 Å². The molecule has 1 aliphatic heterocycles. The van der Waals surface area contributed by atoms with E-state index in [0.717, 1.165) is 23.3 Å². The fourth-order valence-corrected chi connectivity index (χ4v) is 4.98. The summed E-state index contributed by atoms with van der Waals surface area (Å²) in [7, 11) is 0. The molecule has 3 unspecified atom stereocenters. The molecule has 7 nitrogen and oxygen atoms in total. The molecular weight excluding hydrogens is 545 g/mol. The van der Waals surface area contributed by atoms with Crippen LogP contribution in [0.25, 0.3) is 11.1 Å². The van der Waals surface area contributed by atoms with E-state index >= 15 is 0 Å². The van der Waals surface area contributed by atoms with Gasteiger partial charge in [0.05, 0.1) is 5.56 Å². The van der Waals surface area contributed by atoms with Crippen LogP contribution in [0.3, 0.4) is 0 Å². The number of halogens is 3. The Balaban J connectivity index is 1.39. The van der Waals surface area contributed by atoms with Gasteiger partial charge in [0.1, 0.15) is 6.04 Å². The molecule has 4 rings (SSSR count). The number of amides is 4. The van der Waals surface area contributed by atoms with Gasteiger partial charge in [-0.05, 0) is 54.3 Å². The molecule has 3 aromatic carbocycles. The predicted octanol–water partition coefficient (Wildman–Crippen LogP) is 6.28. The van der Waals surface area contributed by atoms with Crippen LogP contribution < -0.4 is 10.6 Å². The molecule has 1 heterocycles. The number of alkyl halides is 3. The van der Waals surface area contributed by atoms with E-state index in [1.165, 1.54) is 17.0 Å². The monoisotopic (exact) mass is 580 g/mol. The first-order valence-electron chi connectivity index (χ1n) is 14.0. The highest BCUT2D eigenvalue weighted by molar-refractivity contribution is 5.98. The summed E-state index contributed by atoms with van der Waals surface area (Å²) in [6, 6.07) is 19.8. The second kappa shape index (κ2) is 13.1. The minimum Gasteiger partial charge on any atom is -0.340 e. The van der Waals surface area contributed by atoms with Crippen LogP contribution in [-0.2, 0) is 11.0 Å². The van der Waals surface area contributed by atoms with Gasteiger partial charge in [-0.1, -0.05) is 68.8 Å². The van der Waals surface area contributed by atoms with Crippen molar-refractivity contribution in [1.82, 2.24) is 15.1 Å². The molecule has 3 atom stereocenters. The molecule has 1 aliphatic rings. The third-order valence-corrected chi connectivity index (χ3v) is 7.66. The Hall–Kier alpha value is -4.34. The minimum absolute atomic E-state index is 0.0388. The zero-order valence-electron chi connectivity index (χ0n) is 23.8. The molecule has 10 heteroatoms. The van der Waals surface area contributed by atoms with Crippen molar-refractivity contribution >= 4 is 23.5 Å². The van der Waals surface area contributed by atoms with E-state index < -0.39 is 29.9 Å². The summed E-state index contributed by atoms with van der Waals surface area (Å²) in [4.78, 5) is 42.8. The number of carbonyl (C=O) groups excluding carboxylic acids is 3. The van der Waals surface area contributed by atoms with E-state index in [9.17, 15) is 27.6 Å². The van der Waals surface area contributed by atoms with Gasteiger partial charge >= 0.3 is 12.2 Å². The largest absolute Gasteiger partial charge is 0.416 e. The van der Waals surface area contributed by atoms with Gasteiger partial charge in [-0.2, -0.15) is 13.2 Å². The molecule has 0 aromatic heterocycles. The Morgan fingerprint density at radius 2 is 1.60 bits per heavy atom. The molecule has 4 amide bonds. The Labute approximate surface area is 243 Å². The van der Waals surface area contributed by atoms with Gasteiger partial charge in [0.15, 0.2) is 0 Å². The first kappa shape index (κ1) is 30.6. The molecule has 0 bridgehead atoms. The van der Waals surface area contributed by atoms with Crippen LogP contribution >= 0.6 is 0 Å². The number of rotatable bonds is 7. The number of nitrogens with one attached hydrogen (secondary N) is 2. The lowest BCUT2D eigenvalue weighted by molar-refractivity contribution is -0.138. The van der Waals surface area contributed by atoms with Gasteiger partial charge in [0.2, 0.25) is 5.91 Å². The Morgan fingerprint density at radius 3 is 2.21 bits per heavy atom.